The second-order valence-electron chi connectivity index (χ2n) is 16.9. The van der Waals surface area contributed by atoms with Crippen molar-refractivity contribution in [1.29, 1.82) is 0 Å². The summed E-state index contributed by atoms with van der Waals surface area (Å²) in [6.07, 6.45) is 17.5. The van der Waals surface area contributed by atoms with Crippen LogP contribution in [0.4, 0.5) is 20.2 Å². The van der Waals surface area contributed by atoms with Crippen molar-refractivity contribution in [2.45, 2.75) is 64.8 Å². The summed E-state index contributed by atoms with van der Waals surface area (Å²) >= 11 is 0. The first kappa shape index (κ1) is 50.9. The van der Waals surface area contributed by atoms with Crippen LogP contribution in [-0.2, 0) is 6.42 Å². The first-order chi connectivity index (χ1) is 32.6. The fourth-order valence-corrected chi connectivity index (χ4v) is 8.47. The van der Waals surface area contributed by atoms with Gasteiger partial charge in [-0.3, -0.25) is 0 Å². The molecule has 6 heteroatoms. The van der Waals surface area contributed by atoms with Gasteiger partial charge in [0.1, 0.15) is 36.3 Å². The van der Waals surface area contributed by atoms with Crippen molar-refractivity contribution in [3.05, 3.63) is 241 Å². The zero-order valence-electron chi connectivity index (χ0n) is 39.5. The Morgan fingerprint density at radius 3 is 1.72 bits per heavy atom. The Morgan fingerprint density at radius 1 is 0.642 bits per heavy atom. The molecule has 0 radical (unpaired) electrons. The molecule has 2 aliphatic rings. The Hall–Kier alpha value is -7.10. The normalized spacial score (nSPS) is 16.4. The minimum absolute atomic E-state index is 0.141. The maximum absolute atomic E-state index is 13.7. The molecule has 0 aliphatic carbocycles. The van der Waals surface area contributed by atoms with Crippen LogP contribution >= 0.6 is 0 Å². The monoisotopic (exact) mass is 897 g/mol. The van der Waals surface area contributed by atoms with E-state index in [0.717, 1.165) is 60.1 Å². The molecule has 6 aromatic rings. The number of halogens is 2. The molecule has 6 aromatic carbocycles. The second-order valence-corrected chi connectivity index (χ2v) is 16.9. The van der Waals surface area contributed by atoms with Crippen LogP contribution in [0.3, 0.4) is 0 Å². The largest absolute Gasteiger partial charge is 0.490 e. The summed E-state index contributed by atoms with van der Waals surface area (Å²) in [5.74, 6) is 2.59. The molecule has 0 saturated carbocycles. The quantitative estimate of drug-likeness (QED) is 0.0673. The number of ether oxygens (including phenoxy) is 2. The van der Waals surface area contributed by atoms with E-state index in [1.165, 1.54) is 64.9 Å². The lowest BCUT2D eigenvalue weighted by atomic mass is 9.75. The average Bonchev–Trinajstić information content (AvgIpc) is 3.36. The summed E-state index contributed by atoms with van der Waals surface area (Å²) in [6.45, 7) is 23.2. The number of aryl methyl sites for hydroxylation is 3. The third-order valence-corrected chi connectivity index (χ3v) is 12.4. The highest BCUT2D eigenvalue weighted by molar-refractivity contribution is 5.61. The lowest BCUT2D eigenvalue weighted by Crippen LogP contribution is -2.47. The number of benzene rings is 6. The molecule has 67 heavy (non-hydrogen) atoms. The third-order valence-electron chi connectivity index (χ3n) is 12.4. The van der Waals surface area contributed by atoms with Crippen LogP contribution in [-0.4, -0.2) is 19.8 Å². The summed E-state index contributed by atoms with van der Waals surface area (Å²) in [7, 11) is 0. The molecule has 0 bridgehead atoms. The topological polar surface area (TPSA) is 24.9 Å². The summed E-state index contributed by atoms with van der Waals surface area (Å²) in [6, 6.07) is 49.2. The van der Waals surface area contributed by atoms with Gasteiger partial charge < -0.3 is 19.3 Å². The van der Waals surface area contributed by atoms with Crippen LogP contribution in [0.5, 0.6) is 11.5 Å². The lowest BCUT2D eigenvalue weighted by Gasteiger charge is -2.52. The van der Waals surface area contributed by atoms with Crippen LogP contribution < -0.4 is 19.3 Å². The molecular formula is C61H66F2N2O2. The molecule has 0 N–H and O–H groups in total. The van der Waals surface area contributed by atoms with Gasteiger partial charge >= 0.3 is 0 Å². The Bertz CT molecular complexity index is 2460. The Balaban J connectivity index is 0.000000272. The van der Waals surface area contributed by atoms with Gasteiger partial charge in [0, 0.05) is 41.1 Å². The maximum Gasteiger partial charge on any atom is 0.123 e. The van der Waals surface area contributed by atoms with Gasteiger partial charge in [0.05, 0.1) is 6.04 Å². The molecule has 4 atom stereocenters. The zero-order chi connectivity index (χ0) is 48.1. The van der Waals surface area contributed by atoms with Crippen LogP contribution in [0.15, 0.2) is 202 Å². The van der Waals surface area contributed by atoms with E-state index >= 15 is 0 Å². The van der Waals surface area contributed by atoms with Crippen molar-refractivity contribution in [2.24, 2.45) is 11.8 Å². The van der Waals surface area contributed by atoms with E-state index in [-0.39, 0.29) is 17.7 Å². The molecule has 346 valence electrons. The van der Waals surface area contributed by atoms with Gasteiger partial charge in [0.2, 0.25) is 0 Å². The zero-order valence-corrected chi connectivity index (χ0v) is 39.5. The van der Waals surface area contributed by atoms with Gasteiger partial charge in [-0.25, -0.2) is 8.78 Å². The van der Waals surface area contributed by atoms with Crippen LogP contribution in [0.2, 0.25) is 0 Å². The minimum Gasteiger partial charge on any atom is -0.490 e. The molecule has 0 spiro atoms. The van der Waals surface area contributed by atoms with E-state index < -0.39 is 0 Å². The average molecular weight is 897 g/mol. The van der Waals surface area contributed by atoms with Crippen LogP contribution in [0, 0.1) is 50.2 Å². The summed E-state index contributed by atoms with van der Waals surface area (Å²) < 4.78 is 38.3. The second kappa shape index (κ2) is 26.1. The highest BCUT2D eigenvalue weighted by Gasteiger charge is 2.43. The van der Waals surface area contributed by atoms with Gasteiger partial charge in [-0.1, -0.05) is 110 Å². The molecule has 2 saturated heterocycles. The van der Waals surface area contributed by atoms with Crippen molar-refractivity contribution in [3.63, 3.8) is 0 Å². The van der Waals surface area contributed by atoms with E-state index in [1.54, 1.807) is 0 Å². The standard InChI is InChI=1S/C37H38FNO2.C20H22FN.C2H4.C2H2/c1-27-11-14-30(15-12-27)28(2)13-24-36-29(3)39(33-20-18-32(38)19-21-33)37(36)31-16-22-35(23-17-31)41-26-8-7-25-40-34-9-5-4-6-10-34;1-15-6-8-17(9-7-15)4-3-5-18-14-22(16(18)2)20-12-10-19(21)11-13-20;2*1-2/h4-12,14-23,28,36-37H,3,13,24-26H2,1-2H3;6-13,18H,2-5,14H2,1H3;1-2H2;1-2H/b8-7-;;;. The van der Waals surface area contributed by atoms with Crippen LogP contribution in [0.25, 0.3) is 0 Å². The van der Waals surface area contributed by atoms with E-state index in [9.17, 15) is 8.78 Å². The first-order valence-corrected chi connectivity index (χ1v) is 23.1. The third kappa shape index (κ3) is 14.4. The first-order valence-electron chi connectivity index (χ1n) is 23.1. The van der Waals surface area contributed by atoms with E-state index in [1.807, 2.05) is 78.9 Å². The highest BCUT2D eigenvalue weighted by atomic mass is 19.1. The van der Waals surface area contributed by atoms with Crippen molar-refractivity contribution >= 4 is 11.4 Å². The molecule has 2 aliphatic heterocycles. The predicted molar refractivity (Wildman–Crippen MR) is 278 cm³/mol. The van der Waals surface area contributed by atoms with E-state index in [0.29, 0.717) is 31.0 Å². The smallest absolute Gasteiger partial charge is 0.123 e. The van der Waals surface area contributed by atoms with E-state index in [2.05, 4.69) is 130 Å². The summed E-state index contributed by atoms with van der Waals surface area (Å²) in [5.41, 5.74) is 10.8. The molecule has 8 rings (SSSR count). The Morgan fingerprint density at radius 2 is 1.16 bits per heavy atom. The number of para-hydroxylation sites is 1. The SMILES string of the molecule is C#C.C=C.C=C1C(CCC(C)c2ccc(C)cc2)C(c2ccc(OC/C=C\COc3ccccc3)cc2)N1c1ccc(F)cc1.C=C1C(CCCc2ccc(C)cc2)CN1c1ccc(F)cc1. The van der Waals surface area contributed by atoms with Gasteiger partial charge in [0.15, 0.2) is 0 Å². The minimum atomic E-state index is -0.234. The van der Waals surface area contributed by atoms with Gasteiger partial charge in [0.25, 0.3) is 0 Å². The number of hydrogen-bond donors (Lipinski definition) is 0. The van der Waals surface area contributed by atoms with Crippen molar-refractivity contribution in [3.8, 4) is 24.3 Å². The Kier molecular flexibility index (Phi) is 19.9. The Labute approximate surface area is 399 Å². The number of anilines is 2. The fourth-order valence-electron chi connectivity index (χ4n) is 8.47. The number of hydrogen-bond acceptors (Lipinski definition) is 4. The van der Waals surface area contributed by atoms with Gasteiger partial charge in [-0.15, -0.1) is 26.0 Å². The van der Waals surface area contributed by atoms with Crippen molar-refractivity contribution in [1.82, 2.24) is 0 Å². The summed E-state index contributed by atoms with van der Waals surface area (Å²) in [4.78, 5) is 4.42. The van der Waals surface area contributed by atoms with Crippen LogP contribution in [0.1, 0.15) is 72.4 Å². The van der Waals surface area contributed by atoms with E-state index in [4.69, 9.17) is 9.47 Å². The molecule has 4 nitrogen and oxygen atoms in total. The van der Waals surface area contributed by atoms with Gasteiger partial charge in [-0.2, -0.15) is 0 Å². The predicted octanol–water partition coefficient (Wildman–Crippen LogP) is 15.6. The molecule has 2 fully saturated rings. The highest BCUT2D eigenvalue weighted by Crippen LogP contribution is 2.52. The maximum atomic E-state index is 13.7. The lowest BCUT2D eigenvalue weighted by molar-refractivity contribution is 0.332. The van der Waals surface area contributed by atoms with Gasteiger partial charge in [-0.05, 0) is 154 Å². The molecule has 4 unspecified atom stereocenters. The number of nitrogens with zero attached hydrogens (tertiary/aromatic N) is 2. The molecule has 0 amide bonds. The number of terminal acetylenes is 1. The van der Waals surface area contributed by atoms with Crippen molar-refractivity contribution in [2.75, 3.05) is 29.6 Å². The van der Waals surface area contributed by atoms with Crippen molar-refractivity contribution < 1.29 is 18.3 Å². The fraction of sp³-hybridized carbons (Fsp3) is 0.246. The molecule has 0 aromatic heterocycles. The molecule has 2 heterocycles. The molecular weight excluding hydrogens is 831 g/mol. The number of rotatable bonds is 17. The summed E-state index contributed by atoms with van der Waals surface area (Å²) in [5, 5.41) is 0.